The number of rotatable bonds is 8. The van der Waals surface area contributed by atoms with Crippen LogP contribution in [0.5, 0.6) is 5.75 Å². The highest BCUT2D eigenvalue weighted by molar-refractivity contribution is 5.75. The smallest absolute Gasteiger partial charge is 0.223 e. The van der Waals surface area contributed by atoms with Crippen molar-refractivity contribution in [2.24, 2.45) is 5.92 Å². The first-order valence-corrected chi connectivity index (χ1v) is 6.96. The van der Waals surface area contributed by atoms with E-state index in [9.17, 15) is 13.6 Å². The first kappa shape index (κ1) is 17.4. The summed E-state index contributed by atoms with van der Waals surface area (Å²) in [5, 5.41) is 5.52. The standard InChI is InChI=1S/C15H22F2N2O2/c1-10(2)8-19-9-11-6-12(16)15(13(17)7-11)21-5-4-14(20)18-3/h6-7,10,19H,4-5,8-9H2,1-3H3,(H,18,20). The second-order valence-corrected chi connectivity index (χ2v) is 5.18. The molecule has 0 saturated carbocycles. The molecule has 1 rings (SSSR count). The number of carbonyl (C=O) groups excluding carboxylic acids is 1. The molecule has 0 aliphatic heterocycles. The predicted molar refractivity (Wildman–Crippen MR) is 77.1 cm³/mol. The maximum Gasteiger partial charge on any atom is 0.223 e. The monoisotopic (exact) mass is 300 g/mol. The molecule has 0 fully saturated rings. The van der Waals surface area contributed by atoms with Crippen molar-refractivity contribution in [2.75, 3.05) is 20.2 Å². The van der Waals surface area contributed by atoms with Crippen LogP contribution in [0, 0.1) is 17.6 Å². The molecular weight excluding hydrogens is 278 g/mol. The summed E-state index contributed by atoms with van der Waals surface area (Å²) in [4.78, 5) is 11.0. The number of nitrogens with one attached hydrogen (secondary N) is 2. The van der Waals surface area contributed by atoms with E-state index in [1.165, 1.54) is 19.2 Å². The molecule has 2 N–H and O–H groups in total. The van der Waals surface area contributed by atoms with Crippen LogP contribution in [-0.4, -0.2) is 26.1 Å². The van der Waals surface area contributed by atoms with Crippen LogP contribution in [0.25, 0.3) is 0 Å². The Morgan fingerprint density at radius 3 is 2.43 bits per heavy atom. The van der Waals surface area contributed by atoms with E-state index in [1.807, 2.05) is 0 Å². The lowest BCUT2D eigenvalue weighted by molar-refractivity contribution is -0.121. The Bertz CT molecular complexity index is 456. The molecule has 0 radical (unpaired) electrons. The van der Waals surface area contributed by atoms with Crippen LogP contribution in [0.3, 0.4) is 0 Å². The minimum atomic E-state index is -0.756. The van der Waals surface area contributed by atoms with E-state index in [1.54, 1.807) is 0 Å². The molecule has 0 unspecified atom stereocenters. The lowest BCUT2D eigenvalue weighted by atomic mass is 10.1. The van der Waals surface area contributed by atoms with Gasteiger partial charge in [0.2, 0.25) is 5.91 Å². The number of benzene rings is 1. The minimum Gasteiger partial charge on any atom is -0.487 e. The summed E-state index contributed by atoms with van der Waals surface area (Å²) in [5.41, 5.74) is 0.518. The summed E-state index contributed by atoms with van der Waals surface area (Å²) in [6, 6.07) is 2.48. The van der Waals surface area contributed by atoms with Crippen molar-refractivity contribution < 1.29 is 18.3 Å². The molecule has 4 nitrogen and oxygen atoms in total. The second kappa shape index (κ2) is 8.56. The minimum absolute atomic E-state index is 0.0487. The largest absolute Gasteiger partial charge is 0.487 e. The lowest BCUT2D eigenvalue weighted by Gasteiger charge is -2.11. The van der Waals surface area contributed by atoms with E-state index in [0.29, 0.717) is 18.0 Å². The summed E-state index contributed by atoms with van der Waals surface area (Å²) in [6.45, 7) is 5.20. The van der Waals surface area contributed by atoms with E-state index in [-0.39, 0.29) is 18.9 Å². The van der Waals surface area contributed by atoms with Gasteiger partial charge < -0.3 is 15.4 Å². The van der Waals surface area contributed by atoms with Gasteiger partial charge in [0.05, 0.1) is 13.0 Å². The molecule has 1 aromatic carbocycles. The third-order valence-electron chi connectivity index (χ3n) is 2.79. The average molecular weight is 300 g/mol. The van der Waals surface area contributed by atoms with Gasteiger partial charge in [-0.3, -0.25) is 4.79 Å². The Kier molecular flexibility index (Phi) is 7.08. The zero-order valence-corrected chi connectivity index (χ0v) is 12.6. The van der Waals surface area contributed by atoms with E-state index in [4.69, 9.17) is 4.74 Å². The molecule has 21 heavy (non-hydrogen) atoms. The summed E-state index contributed by atoms with van der Waals surface area (Å²) < 4.78 is 32.6. The van der Waals surface area contributed by atoms with E-state index >= 15 is 0 Å². The zero-order chi connectivity index (χ0) is 15.8. The highest BCUT2D eigenvalue weighted by Crippen LogP contribution is 2.23. The molecule has 1 amide bonds. The molecule has 0 aromatic heterocycles. The highest BCUT2D eigenvalue weighted by Gasteiger charge is 2.13. The molecule has 0 bridgehead atoms. The number of amides is 1. The maximum absolute atomic E-state index is 13.8. The van der Waals surface area contributed by atoms with Crippen LogP contribution >= 0.6 is 0 Å². The van der Waals surface area contributed by atoms with Gasteiger partial charge >= 0.3 is 0 Å². The molecule has 0 atom stereocenters. The SMILES string of the molecule is CNC(=O)CCOc1c(F)cc(CNCC(C)C)cc1F. The van der Waals surface area contributed by atoms with Crippen LogP contribution in [-0.2, 0) is 11.3 Å². The molecule has 0 spiro atoms. The lowest BCUT2D eigenvalue weighted by Crippen LogP contribution is -2.20. The van der Waals surface area contributed by atoms with Crippen molar-refractivity contribution >= 4 is 5.91 Å². The molecule has 118 valence electrons. The summed E-state index contributed by atoms with van der Waals surface area (Å²) in [6.07, 6.45) is 0.0487. The van der Waals surface area contributed by atoms with Crippen molar-refractivity contribution in [3.8, 4) is 5.75 Å². The van der Waals surface area contributed by atoms with Gasteiger partial charge in [0.1, 0.15) is 0 Å². The highest BCUT2D eigenvalue weighted by atomic mass is 19.1. The summed E-state index contributed by atoms with van der Waals surface area (Å²) in [5.74, 6) is -1.73. The van der Waals surface area contributed by atoms with Crippen LogP contribution < -0.4 is 15.4 Å². The van der Waals surface area contributed by atoms with Crippen LogP contribution in [0.15, 0.2) is 12.1 Å². The summed E-state index contributed by atoms with van der Waals surface area (Å²) >= 11 is 0. The van der Waals surface area contributed by atoms with Gasteiger partial charge in [-0.15, -0.1) is 0 Å². The van der Waals surface area contributed by atoms with E-state index in [2.05, 4.69) is 24.5 Å². The molecule has 1 aromatic rings. The fraction of sp³-hybridized carbons (Fsp3) is 0.533. The topological polar surface area (TPSA) is 50.4 Å². The van der Waals surface area contributed by atoms with Crippen LogP contribution in [0.4, 0.5) is 8.78 Å². The third kappa shape index (κ3) is 6.08. The molecular formula is C15H22F2N2O2. The van der Waals surface area contributed by atoms with Crippen LogP contribution in [0.1, 0.15) is 25.8 Å². The van der Waals surface area contributed by atoms with Gasteiger partial charge in [0.15, 0.2) is 17.4 Å². The Labute approximate surface area is 123 Å². The van der Waals surface area contributed by atoms with Gasteiger partial charge in [-0.05, 0) is 30.2 Å². The first-order chi connectivity index (χ1) is 9.93. The number of hydrogen-bond acceptors (Lipinski definition) is 3. The van der Waals surface area contributed by atoms with Crippen molar-refractivity contribution in [2.45, 2.75) is 26.8 Å². The van der Waals surface area contributed by atoms with Gasteiger partial charge in [-0.25, -0.2) is 8.78 Å². The molecule has 0 aliphatic carbocycles. The van der Waals surface area contributed by atoms with Crippen molar-refractivity contribution in [3.63, 3.8) is 0 Å². The Balaban J connectivity index is 2.60. The van der Waals surface area contributed by atoms with Gasteiger partial charge in [0, 0.05) is 13.6 Å². The van der Waals surface area contributed by atoms with Gasteiger partial charge in [-0.2, -0.15) is 0 Å². The Hall–Kier alpha value is -1.69. The number of carbonyl (C=O) groups is 1. The number of hydrogen-bond donors (Lipinski definition) is 2. The third-order valence-corrected chi connectivity index (χ3v) is 2.79. The fourth-order valence-corrected chi connectivity index (χ4v) is 1.73. The van der Waals surface area contributed by atoms with Crippen molar-refractivity contribution in [1.29, 1.82) is 0 Å². The zero-order valence-electron chi connectivity index (χ0n) is 12.6. The number of halogens is 2. The molecule has 6 heteroatoms. The van der Waals surface area contributed by atoms with Gasteiger partial charge in [0.25, 0.3) is 0 Å². The molecule has 0 saturated heterocycles. The predicted octanol–water partition coefficient (Wildman–Crippen LogP) is 2.23. The van der Waals surface area contributed by atoms with Crippen LogP contribution in [0.2, 0.25) is 0 Å². The summed E-state index contributed by atoms with van der Waals surface area (Å²) in [7, 11) is 1.49. The van der Waals surface area contributed by atoms with Gasteiger partial charge in [-0.1, -0.05) is 13.8 Å². The molecule has 0 aliphatic rings. The number of ether oxygens (including phenoxy) is 1. The first-order valence-electron chi connectivity index (χ1n) is 6.96. The van der Waals surface area contributed by atoms with E-state index in [0.717, 1.165) is 6.54 Å². The normalized spacial score (nSPS) is 10.8. The molecule has 0 heterocycles. The quantitative estimate of drug-likeness (QED) is 0.774. The van der Waals surface area contributed by atoms with Crippen molar-refractivity contribution in [3.05, 3.63) is 29.3 Å². The Morgan fingerprint density at radius 2 is 1.90 bits per heavy atom. The maximum atomic E-state index is 13.8. The van der Waals surface area contributed by atoms with E-state index < -0.39 is 17.4 Å². The Morgan fingerprint density at radius 1 is 1.29 bits per heavy atom. The average Bonchev–Trinajstić information content (AvgIpc) is 2.41. The second-order valence-electron chi connectivity index (χ2n) is 5.18. The fourth-order valence-electron chi connectivity index (χ4n) is 1.73. The van der Waals surface area contributed by atoms with Crippen molar-refractivity contribution in [1.82, 2.24) is 10.6 Å².